The fourth-order valence-electron chi connectivity index (χ4n) is 2.24. The summed E-state index contributed by atoms with van der Waals surface area (Å²) in [4.78, 5) is 0. The van der Waals surface area contributed by atoms with E-state index in [9.17, 15) is 10.2 Å². The maximum atomic E-state index is 11.3. The van der Waals surface area contributed by atoms with Crippen LogP contribution in [0, 0.1) is 13.8 Å². The molecule has 1 radical (unpaired) electrons. The zero-order chi connectivity index (χ0) is 16.9. The molecule has 0 saturated heterocycles. The number of aryl methyl sites for hydroxylation is 2. The van der Waals surface area contributed by atoms with Gasteiger partial charge in [0.05, 0.1) is 0 Å². The zero-order valence-electron chi connectivity index (χ0n) is 14.8. The van der Waals surface area contributed by atoms with Gasteiger partial charge in [-0.15, -0.1) is 11.5 Å². The Balaban J connectivity index is 0.000000403. The Bertz CT molecular complexity index is 564. The third kappa shape index (κ3) is 6.67. The quantitative estimate of drug-likeness (QED) is 0.801. The summed E-state index contributed by atoms with van der Waals surface area (Å²) in [6.07, 6.45) is 0. The first-order chi connectivity index (χ1) is 10.2. The van der Waals surface area contributed by atoms with Crippen molar-refractivity contribution >= 4 is 0 Å². The molecule has 0 fully saturated rings. The van der Waals surface area contributed by atoms with Gasteiger partial charge >= 0.3 is 16.8 Å². The van der Waals surface area contributed by atoms with E-state index in [1.807, 2.05) is 65.8 Å². The minimum Gasteiger partial charge on any atom is -0.872 e. The van der Waals surface area contributed by atoms with Gasteiger partial charge in [-0.2, -0.15) is 0 Å². The number of hydrogen-bond acceptors (Lipinski definition) is 2. The second-order valence-corrected chi connectivity index (χ2v) is 6.39. The van der Waals surface area contributed by atoms with Gasteiger partial charge < -0.3 is 10.2 Å². The van der Waals surface area contributed by atoms with E-state index in [-0.39, 0.29) is 28.3 Å². The van der Waals surface area contributed by atoms with E-state index in [0.717, 1.165) is 22.3 Å². The van der Waals surface area contributed by atoms with Crippen LogP contribution in [0.15, 0.2) is 36.4 Å². The molecule has 0 spiro atoms. The molecule has 0 amide bonds. The molecule has 0 saturated carbocycles. The smallest absolute Gasteiger partial charge is 0.872 e. The minimum atomic E-state index is 0. The fourth-order valence-corrected chi connectivity index (χ4v) is 2.24. The van der Waals surface area contributed by atoms with E-state index in [2.05, 4.69) is 0 Å². The molecule has 0 N–H and O–H groups in total. The van der Waals surface area contributed by atoms with Crippen molar-refractivity contribution < 1.29 is 27.0 Å². The predicted octanol–water partition coefficient (Wildman–Crippen LogP) is 4.38. The van der Waals surface area contributed by atoms with Crippen LogP contribution in [0.5, 0.6) is 11.5 Å². The second kappa shape index (κ2) is 9.63. The van der Waals surface area contributed by atoms with Gasteiger partial charge in [0.1, 0.15) is 0 Å². The topological polar surface area (TPSA) is 46.1 Å². The predicted molar refractivity (Wildman–Crippen MR) is 89.4 cm³/mol. The summed E-state index contributed by atoms with van der Waals surface area (Å²) in [5.41, 5.74) is 3.91. The van der Waals surface area contributed by atoms with Gasteiger partial charge in [0.25, 0.3) is 0 Å². The SMILES string of the molecule is Cc1ccc(C(C)C)c([O-])c1.Cc1ccc(C(C)C)c([O-])c1.[Co+2]. The van der Waals surface area contributed by atoms with Crippen molar-refractivity contribution in [3.63, 3.8) is 0 Å². The van der Waals surface area contributed by atoms with Crippen molar-refractivity contribution in [2.75, 3.05) is 0 Å². The van der Waals surface area contributed by atoms with E-state index in [0.29, 0.717) is 11.8 Å². The Morgan fingerprint density at radius 1 is 0.652 bits per heavy atom. The van der Waals surface area contributed by atoms with Crippen LogP contribution in [-0.4, -0.2) is 0 Å². The standard InChI is InChI=1S/2C10H14O.Co/c2*1-7(2)9-5-4-8(3)6-10(9)11;/h2*4-7,11H,1-3H3;/q;;+2/p-2. The molecule has 2 nitrogen and oxygen atoms in total. The van der Waals surface area contributed by atoms with Gasteiger partial charge in [-0.05, 0) is 25.7 Å². The molecule has 0 unspecified atom stereocenters. The number of rotatable bonds is 2. The van der Waals surface area contributed by atoms with Crippen molar-refractivity contribution in [3.8, 4) is 11.5 Å². The summed E-state index contributed by atoms with van der Waals surface area (Å²) < 4.78 is 0. The molecule has 0 atom stereocenters. The monoisotopic (exact) mass is 357 g/mol. The molecular weight excluding hydrogens is 331 g/mol. The summed E-state index contributed by atoms with van der Waals surface area (Å²) in [7, 11) is 0. The molecule has 127 valence electrons. The first kappa shape index (κ1) is 21.5. The molecule has 0 bridgehead atoms. The minimum absolute atomic E-state index is 0. The summed E-state index contributed by atoms with van der Waals surface area (Å²) in [6, 6.07) is 11.2. The molecule has 0 aliphatic rings. The van der Waals surface area contributed by atoms with Crippen LogP contribution < -0.4 is 10.2 Å². The normalized spacial score (nSPS) is 10.1. The van der Waals surface area contributed by atoms with Crippen molar-refractivity contribution in [2.45, 2.75) is 53.4 Å². The average Bonchev–Trinajstić information content (AvgIpc) is 2.38. The van der Waals surface area contributed by atoms with Crippen molar-refractivity contribution in [2.24, 2.45) is 0 Å². The summed E-state index contributed by atoms with van der Waals surface area (Å²) in [5, 5.41) is 22.6. The van der Waals surface area contributed by atoms with E-state index >= 15 is 0 Å². The number of hydrogen-bond donors (Lipinski definition) is 0. The van der Waals surface area contributed by atoms with Crippen molar-refractivity contribution in [1.82, 2.24) is 0 Å². The maximum absolute atomic E-state index is 11.3. The third-order valence-corrected chi connectivity index (χ3v) is 3.58. The summed E-state index contributed by atoms with van der Waals surface area (Å²) in [6.45, 7) is 12.0. The molecule has 0 aliphatic carbocycles. The van der Waals surface area contributed by atoms with E-state index < -0.39 is 0 Å². The zero-order valence-corrected chi connectivity index (χ0v) is 15.8. The molecule has 3 heteroatoms. The molecular formula is C20H26CoO2. The van der Waals surface area contributed by atoms with E-state index in [1.54, 1.807) is 12.1 Å². The van der Waals surface area contributed by atoms with Crippen LogP contribution in [0.25, 0.3) is 0 Å². The van der Waals surface area contributed by atoms with Gasteiger partial charge in [0.15, 0.2) is 0 Å². The van der Waals surface area contributed by atoms with Gasteiger partial charge in [-0.3, -0.25) is 0 Å². The molecule has 23 heavy (non-hydrogen) atoms. The van der Waals surface area contributed by atoms with E-state index in [1.165, 1.54) is 0 Å². The Hall–Kier alpha value is -1.45. The van der Waals surface area contributed by atoms with Gasteiger partial charge in [0, 0.05) is 0 Å². The maximum Gasteiger partial charge on any atom is 2.00 e. The summed E-state index contributed by atoms with van der Waals surface area (Å²) in [5.74, 6) is 1.01. The van der Waals surface area contributed by atoms with E-state index in [4.69, 9.17) is 0 Å². The molecule has 0 aromatic heterocycles. The first-order valence-electron chi connectivity index (χ1n) is 7.77. The van der Waals surface area contributed by atoms with Gasteiger partial charge in [0.2, 0.25) is 0 Å². The Morgan fingerprint density at radius 3 is 1.17 bits per heavy atom. The molecule has 2 rings (SSSR count). The van der Waals surface area contributed by atoms with Crippen LogP contribution >= 0.6 is 0 Å². The van der Waals surface area contributed by atoms with Crippen LogP contribution in [-0.2, 0) is 16.8 Å². The van der Waals surface area contributed by atoms with Crippen molar-refractivity contribution in [3.05, 3.63) is 58.7 Å². The molecule has 0 heterocycles. The Morgan fingerprint density at radius 2 is 0.957 bits per heavy atom. The number of benzene rings is 2. The second-order valence-electron chi connectivity index (χ2n) is 6.39. The molecule has 2 aromatic rings. The third-order valence-electron chi connectivity index (χ3n) is 3.58. The molecule has 0 aliphatic heterocycles. The largest absolute Gasteiger partial charge is 2.00 e. The van der Waals surface area contributed by atoms with Crippen molar-refractivity contribution in [1.29, 1.82) is 0 Å². The first-order valence-corrected chi connectivity index (χ1v) is 7.77. The summed E-state index contributed by atoms with van der Waals surface area (Å²) >= 11 is 0. The Labute approximate surface area is 150 Å². The van der Waals surface area contributed by atoms with Gasteiger partial charge in [-0.1, -0.05) is 86.3 Å². The van der Waals surface area contributed by atoms with Crippen LogP contribution in [0.1, 0.15) is 61.8 Å². The van der Waals surface area contributed by atoms with Crippen LogP contribution in [0.3, 0.4) is 0 Å². The van der Waals surface area contributed by atoms with Crippen LogP contribution in [0.4, 0.5) is 0 Å². The molecule has 2 aromatic carbocycles. The Kier molecular flexibility index (Phi) is 9.02. The van der Waals surface area contributed by atoms with Crippen LogP contribution in [0.2, 0.25) is 0 Å². The fraction of sp³-hybridized carbons (Fsp3) is 0.400. The van der Waals surface area contributed by atoms with Gasteiger partial charge in [-0.25, -0.2) is 0 Å². The average molecular weight is 357 g/mol.